The summed E-state index contributed by atoms with van der Waals surface area (Å²) in [6, 6.07) is 6.87. The van der Waals surface area contributed by atoms with Crippen molar-refractivity contribution in [2.75, 3.05) is 13.1 Å². The maximum atomic E-state index is 12.3. The standard InChI is InChI=1S/C12H17NO3S/c1-10-4-2-6-12(8-10)17(15,16)13-7-3-5-11(14)9-13/h2,4,6,8,11,14H,3,5,7,9H2,1H3/t11-/m0/s1. The molecule has 0 saturated carbocycles. The Morgan fingerprint density at radius 3 is 2.82 bits per heavy atom. The van der Waals surface area contributed by atoms with Crippen molar-refractivity contribution in [3.8, 4) is 0 Å². The first-order chi connectivity index (χ1) is 8.00. The zero-order valence-corrected chi connectivity index (χ0v) is 10.7. The van der Waals surface area contributed by atoms with Crippen LogP contribution in [0.1, 0.15) is 18.4 Å². The Bertz CT molecular complexity index is 498. The first kappa shape index (κ1) is 12.5. The molecule has 0 unspecified atom stereocenters. The molecule has 1 saturated heterocycles. The van der Waals surface area contributed by atoms with Gasteiger partial charge in [-0.25, -0.2) is 8.42 Å². The molecule has 17 heavy (non-hydrogen) atoms. The van der Waals surface area contributed by atoms with E-state index in [1.165, 1.54) is 4.31 Å². The van der Waals surface area contributed by atoms with E-state index in [4.69, 9.17) is 0 Å². The molecule has 1 heterocycles. The van der Waals surface area contributed by atoms with E-state index in [-0.39, 0.29) is 6.54 Å². The highest BCUT2D eigenvalue weighted by atomic mass is 32.2. The van der Waals surface area contributed by atoms with Crippen LogP contribution in [0.3, 0.4) is 0 Å². The molecule has 0 radical (unpaired) electrons. The molecule has 1 fully saturated rings. The van der Waals surface area contributed by atoms with Crippen LogP contribution in [0.2, 0.25) is 0 Å². The fraction of sp³-hybridized carbons (Fsp3) is 0.500. The molecule has 1 atom stereocenters. The van der Waals surface area contributed by atoms with E-state index in [0.29, 0.717) is 24.3 Å². The van der Waals surface area contributed by atoms with Crippen molar-refractivity contribution in [1.82, 2.24) is 4.31 Å². The molecule has 4 nitrogen and oxygen atoms in total. The molecular formula is C12H17NO3S. The van der Waals surface area contributed by atoms with Crippen molar-refractivity contribution in [1.29, 1.82) is 0 Å². The van der Waals surface area contributed by atoms with Crippen LogP contribution in [-0.4, -0.2) is 37.0 Å². The molecule has 94 valence electrons. The van der Waals surface area contributed by atoms with E-state index in [1.807, 2.05) is 13.0 Å². The number of aliphatic hydroxyl groups excluding tert-OH is 1. The summed E-state index contributed by atoms with van der Waals surface area (Å²) in [5.74, 6) is 0. The van der Waals surface area contributed by atoms with E-state index >= 15 is 0 Å². The van der Waals surface area contributed by atoms with E-state index in [9.17, 15) is 13.5 Å². The Morgan fingerprint density at radius 1 is 1.41 bits per heavy atom. The SMILES string of the molecule is Cc1cccc(S(=O)(=O)N2CCC[C@H](O)C2)c1. The van der Waals surface area contributed by atoms with Gasteiger partial charge < -0.3 is 5.11 Å². The van der Waals surface area contributed by atoms with Crippen LogP contribution < -0.4 is 0 Å². The monoisotopic (exact) mass is 255 g/mol. The highest BCUT2D eigenvalue weighted by Gasteiger charge is 2.29. The summed E-state index contributed by atoms with van der Waals surface area (Å²) >= 11 is 0. The van der Waals surface area contributed by atoms with Crippen LogP contribution in [0, 0.1) is 6.92 Å². The van der Waals surface area contributed by atoms with Gasteiger partial charge in [-0.2, -0.15) is 4.31 Å². The maximum absolute atomic E-state index is 12.3. The second kappa shape index (κ2) is 4.76. The summed E-state index contributed by atoms with van der Waals surface area (Å²) in [6.07, 6.45) is 0.856. The van der Waals surface area contributed by atoms with Gasteiger partial charge in [0.1, 0.15) is 0 Å². The third kappa shape index (κ3) is 2.68. The molecule has 5 heteroatoms. The van der Waals surface area contributed by atoms with Gasteiger partial charge in [0.25, 0.3) is 0 Å². The second-order valence-electron chi connectivity index (χ2n) is 4.48. The van der Waals surface area contributed by atoms with Crippen molar-refractivity contribution >= 4 is 10.0 Å². The molecule has 0 bridgehead atoms. The van der Waals surface area contributed by atoms with Crippen LogP contribution in [-0.2, 0) is 10.0 Å². The zero-order valence-electron chi connectivity index (χ0n) is 9.83. The van der Waals surface area contributed by atoms with Gasteiger partial charge >= 0.3 is 0 Å². The smallest absolute Gasteiger partial charge is 0.243 e. The topological polar surface area (TPSA) is 57.6 Å². The molecule has 0 aliphatic carbocycles. The van der Waals surface area contributed by atoms with Crippen LogP contribution in [0.15, 0.2) is 29.2 Å². The number of nitrogens with zero attached hydrogens (tertiary/aromatic N) is 1. The van der Waals surface area contributed by atoms with Crippen molar-refractivity contribution in [3.63, 3.8) is 0 Å². The molecule has 0 spiro atoms. The van der Waals surface area contributed by atoms with E-state index in [2.05, 4.69) is 0 Å². The molecule has 1 aromatic rings. The summed E-state index contributed by atoms with van der Waals surface area (Å²) in [7, 11) is -3.44. The van der Waals surface area contributed by atoms with Crippen LogP contribution in [0.4, 0.5) is 0 Å². The minimum Gasteiger partial charge on any atom is -0.392 e. The lowest BCUT2D eigenvalue weighted by atomic mass is 10.1. The summed E-state index contributed by atoms with van der Waals surface area (Å²) in [5.41, 5.74) is 0.920. The summed E-state index contributed by atoms with van der Waals surface area (Å²) in [4.78, 5) is 0.312. The molecule has 2 rings (SSSR count). The normalized spacial score (nSPS) is 22.6. The number of aliphatic hydroxyl groups is 1. The first-order valence-electron chi connectivity index (χ1n) is 5.75. The Balaban J connectivity index is 2.29. The lowest BCUT2D eigenvalue weighted by Gasteiger charge is -2.29. The van der Waals surface area contributed by atoms with Gasteiger partial charge in [0.15, 0.2) is 0 Å². The van der Waals surface area contributed by atoms with Crippen molar-refractivity contribution < 1.29 is 13.5 Å². The van der Waals surface area contributed by atoms with Gasteiger partial charge in [-0.15, -0.1) is 0 Å². The number of aryl methyl sites for hydroxylation is 1. The maximum Gasteiger partial charge on any atom is 0.243 e. The quantitative estimate of drug-likeness (QED) is 0.862. The van der Waals surface area contributed by atoms with Gasteiger partial charge in [0.2, 0.25) is 10.0 Å². The van der Waals surface area contributed by atoms with Crippen molar-refractivity contribution in [2.45, 2.75) is 30.8 Å². The fourth-order valence-electron chi connectivity index (χ4n) is 2.06. The number of rotatable bonds is 2. The lowest BCUT2D eigenvalue weighted by Crippen LogP contribution is -2.42. The predicted molar refractivity (Wildman–Crippen MR) is 65.2 cm³/mol. The minimum atomic E-state index is -3.44. The number of piperidine rings is 1. The summed E-state index contributed by atoms with van der Waals surface area (Å²) < 4.78 is 26.0. The number of hydrogen-bond acceptors (Lipinski definition) is 3. The largest absolute Gasteiger partial charge is 0.392 e. The van der Waals surface area contributed by atoms with Crippen LogP contribution >= 0.6 is 0 Å². The zero-order chi connectivity index (χ0) is 12.5. The highest BCUT2D eigenvalue weighted by molar-refractivity contribution is 7.89. The molecule has 0 amide bonds. The van der Waals surface area contributed by atoms with Gasteiger partial charge in [-0.3, -0.25) is 0 Å². The van der Waals surface area contributed by atoms with Crippen LogP contribution in [0.25, 0.3) is 0 Å². The van der Waals surface area contributed by atoms with Crippen molar-refractivity contribution in [3.05, 3.63) is 29.8 Å². The second-order valence-corrected chi connectivity index (χ2v) is 6.41. The average molecular weight is 255 g/mol. The van der Waals surface area contributed by atoms with Gasteiger partial charge in [-0.1, -0.05) is 12.1 Å². The number of benzene rings is 1. The Hall–Kier alpha value is -0.910. The molecule has 1 N–H and O–H groups in total. The minimum absolute atomic E-state index is 0.205. The van der Waals surface area contributed by atoms with Crippen molar-refractivity contribution in [2.24, 2.45) is 0 Å². The molecule has 0 aromatic heterocycles. The lowest BCUT2D eigenvalue weighted by molar-refractivity contribution is 0.108. The van der Waals surface area contributed by atoms with E-state index in [1.54, 1.807) is 18.2 Å². The first-order valence-corrected chi connectivity index (χ1v) is 7.19. The van der Waals surface area contributed by atoms with Gasteiger partial charge in [0.05, 0.1) is 11.0 Å². The third-order valence-corrected chi connectivity index (χ3v) is 4.85. The molecular weight excluding hydrogens is 238 g/mol. The van der Waals surface area contributed by atoms with Gasteiger partial charge in [0, 0.05) is 13.1 Å². The molecule has 1 aliphatic heterocycles. The highest BCUT2D eigenvalue weighted by Crippen LogP contribution is 2.21. The van der Waals surface area contributed by atoms with E-state index < -0.39 is 16.1 Å². The number of sulfonamides is 1. The Morgan fingerprint density at radius 2 is 2.18 bits per heavy atom. The Labute approximate surface area is 102 Å². The number of hydrogen-bond donors (Lipinski definition) is 1. The molecule has 1 aromatic carbocycles. The third-order valence-electron chi connectivity index (χ3n) is 2.99. The fourth-order valence-corrected chi connectivity index (χ4v) is 3.69. The Kier molecular flexibility index (Phi) is 3.51. The summed E-state index contributed by atoms with van der Waals surface area (Å²) in [5, 5.41) is 9.54. The van der Waals surface area contributed by atoms with Crippen LogP contribution in [0.5, 0.6) is 0 Å². The van der Waals surface area contributed by atoms with Gasteiger partial charge in [-0.05, 0) is 37.5 Å². The predicted octanol–water partition coefficient (Wildman–Crippen LogP) is 1.14. The summed E-state index contributed by atoms with van der Waals surface area (Å²) in [6.45, 7) is 2.56. The van der Waals surface area contributed by atoms with E-state index in [0.717, 1.165) is 5.56 Å². The molecule has 1 aliphatic rings. The number of β-amino-alcohol motifs (C(OH)–C–C–N with tert-alkyl or cyclic N) is 1. The average Bonchev–Trinajstić information content (AvgIpc) is 2.29.